The van der Waals surface area contributed by atoms with Crippen molar-refractivity contribution in [3.8, 4) is 0 Å². The molecule has 3 rings (SSSR count). The maximum Gasteiger partial charge on any atom is 0.337 e. The molecule has 7 nitrogen and oxygen atoms in total. The number of amidine groups is 1. The summed E-state index contributed by atoms with van der Waals surface area (Å²) in [5.74, 6) is 0.546. The summed E-state index contributed by atoms with van der Waals surface area (Å²) in [6.45, 7) is 5.29. The molecule has 0 spiro atoms. The van der Waals surface area contributed by atoms with E-state index >= 15 is 0 Å². The van der Waals surface area contributed by atoms with Crippen LogP contribution < -0.4 is 9.44 Å². The fourth-order valence-corrected chi connectivity index (χ4v) is 3.99. The summed E-state index contributed by atoms with van der Waals surface area (Å²) < 4.78 is 11.6. The van der Waals surface area contributed by atoms with Crippen LogP contribution in [-0.2, 0) is 9.53 Å². The number of ether oxygens (including phenoxy) is 1. The van der Waals surface area contributed by atoms with Gasteiger partial charge in [-0.25, -0.2) is 19.2 Å². The van der Waals surface area contributed by atoms with Crippen LogP contribution in [0.15, 0.2) is 27.8 Å². The molecule has 1 atom stereocenters. The molecule has 1 saturated heterocycles. The van der Waals surface area contributed by atoms with Crippen LogP contribution >= 0.6 is 23.5 Å². The van der Waals surface area contributed by atoms with Gasteiger partial charge >= 0.3 is 5.97 Å². The molecule has 2 aliphatic rings. The SMILES string of the molecule is COC(=O)C1=C2CC(NSNC(C)C)CN2C(c2nccs2)=NC1. The average Bonchev–Trinajstić information content (AvgIpc) is 3.22. The first kappa shape index (κ1) is 17.4. The Hall–Kier alpha value is -1.42. The van der Waals surface area contributed by atoms with Crippen LogP contribution in [0.25, 0.3) is 0 Å². The molecule has 130 valence electrons. The highest BCUT2D eigenvalue weighted by Gasteiger charge is 2.37. The second-order valence-electron chi connectivity index (χ2n) is 5.90. The Bertz CT molecular complexity index is 657. The van der Waals surface area contributed by atoms with Gasteiger partial charge in [-0.1, -0.05) is 0 Å². The van der Waals surface area contributed by atoms with Crippen molar-refractivity contribution in [1.82, 2.24) is 19.3 Å². The molecule has 0 aromatic carbocycles. The second kappa shape index (κ2) is 7.64. The number of carbonyl (C=O) groups is 1. The van der Waals surface area contributed by atoms with Crippen LogP contribution in [0.2, 0.25) is 0 Å². The van der Waals surface area contributed by atoms with Gasteiger partial charge < -0.3 is 9.64 Å². The quantitative estimate of drug-likeness (QED) is 0.583. The van der Waals surface area contributed by atoms with Crippen LogP contribution in [-0.4, -0.2) is 54.0 Å². The van der Waals surface area contributed by atoms with Crippen LogP contribution in [0.3, 0.4) is 0 Å². The fraction of sp³-hybridized carbons (Fsp3) is 0.533. The third-order valence-corrected chi connectivity index (χ3v) is 5.54. The number of fused-ring (bicyclic) bond motifs is 1. The number of thiazole rings is 1. The summed E-state index contributed by atoms with van der Waals surface area (Å²) in [4.78, 5) is 23.1. The molecule has 0 amide bonds. The molecule has 2 N–H and O–H groups in total. The molecule has 0 aliphatic carbocycles. The molecule has 9 heteroatoms. The Morgan fingerprint density at radius 3 is 3.04 bits per heavy atom. The van der Waals surface area contributed by atoms with Crippen LogP contribution in [0.5, 0.6) is 0 Å². The van der Waals surface area contributed by atoms with Gasteiger partial charge in [-0.3, -0.25) is 4.99 Å². The van der Waals surface area contributed by atoms with E-state index in [-0.39, 0.29) is 12.0 Å². The number of hydrogen-bond acceptors (Lipinski definition) is 9. The van der Waals surface area contributed by atoms with E-state index in [4.69, 9.17) is 4.74 Å². The number of nitrogens with one attached hydrogen (secondary N) is 2. The van der Waals surface area contributed by atoms with Gasteiger partial charge in [0.15, 0.2) is 10.8 Å². The normalized spacial score (nSPS) is 20.4. The number of nitrogens with zero attached hydrogens (tertiary/aromatic N) is 3. The first-order valence-electron chi connectivity index (χ1n) is 7.79. The minimum absolute atomic E-state index is 0.221. The van der Waals surface area contributed by atoms with Crippen molar-refractivity contribution in [2.75, 3.05) is 20.2 Å². The van der Waals surface area contributed by atoms with Crippen molar-refractivity contribution < 1.29 is 9.53 Å². The maximum absolute atomic E-state index is 12.1. The van der Waals surface area contributed by atoms with E-state index in [9.17, 15) is 4.79 Å². The van der Waals surface area contributed by atoms with Crippen molar-refractivity contribution in [3.05, 3.63) is 27.9 Å². The minimum atomic E-state index is -0.300. The third-order valence-electron chi connectivity index (χ3n) is 3.74. The average molecular weight is 368 g/mol. The Morgan fingerprint density at radius 1 is 1.54 bits per heavy atom. The Labute approximate surface area is 149 Å². The van der Waals surface area contributed by atoms with Gasteiger partial charge in [-0.15, -0.1) is 11.3 Å². The molecule has 1 unspecified atom stereocenters. The minimum Gasteiger partial charge on any atom is -0.466 e. The molecule has 0 saturated carbocycles. The Balaban J connectivity index is 1.80. The number of aliphatic imine (C=N–C) groups is 1. The van der Waals surface area contributed by atoms with E-state index in [0.29, 0.717) is 18.2 Å². The van der Waals surface area contributed by atoms with E-state index in [0.717, 1.165) is 29.5 Å². The monoisotopic (exact) mass is 367 g/mol. The van der Waals surface area contributed by atoms with Crippen molar-refractivity contribution >= 4 is 35.3 Å². The molecule has 3 heterocycles. The van der Waals surface area contributed by atoms with Crippen molar-refractivity contribution in [1.29, 1.82) is 0 Å². The molecular formula is C15H21N5O2S2. The summed E-state index contributed by atoms with van der Waals surface area (Å²) >= 11 is 3.06. The zero-order valence-electron chi connectivity index (χ0n) is 13.9. The summed E-state index contributed by atoms with van der Waals surface area (Å²) in [6.07, 6.45) is 2.54. The van der Waals surface area contributed by atoms with Gasteiger partial charge in [0.2, 0.25) is 0 Å². The molecule has 1 aromatic rings. The largest absolute Gasteiger partial charge is 0.466 e. The van der Waals surface area contributed by atoms with Gasteiger partial charge in [0.1, 0.15) is 0 Å². The molecule has 2 aliphatic heterocycles. The van der Waals surface area contributed by atoms with E-state index in [2.05, 4.69) is 38.2 Å². The maximum atomic E-state index is 12.1. The molecule has 0 radical (unpaired) electrons. The predicted octanol–water partition coefficient (Wildman–Crippen LogP) is 1.56. The number of hydrogen-bond donors (Lipinski definition) is 2. The lowest BCUT2D eigenvalue weighted by atomic mass is 10.1. The van der Waals surface area contributed by atoms with Gasteiger partial charge in [-0.2, -0.15) is 0 Å². The highest BCUT2D eigenvalue weighted by atomic mass is 32.2. The molecular weight excluding hydrogens is 346 g/mol. The van der Waals surface area contributed by atoms with Crippen LogP contribution in [0.4, 0.5) is 0 Å². The number of esters is 1. The number of carbonyl (C=O) groups excluding carboxylic acids is 1. The Kier molecular flexibility index (Phi) is 5.54. The standard InChI is InChI=1S/C15H21N5O2S2/c1-9(2)18-24-19-10-6-12-11(15(21)22-3)7-17-13(20(12)8-10)14-16-4-5-23-14/h4-5,9-10,18-19H,6-8H2,1-3H3. The molecule has 24 heavy (non-hydrogen) atoms. The van der Waals surface area contributed by atoms with Crippen molar-refractivity contribution in [3.63, 3.8) is 0 Å². The van der Waals surface area contributed by atoms with E-state index < -0.39 is 0 Å². The smallest absolute Gasteiger partial charge is 0.337 e. The lowest BCUT2D eigenvalue weighted by molar-refractivity contribution is -0.136. The summed E-state index contributed by atoms with van der Waals surface area (Å²) in [6, 6.07) is 0.614. The lowest BCUT2D eigenvalue weighted by Gasteiger charge is -2.26. The highest BCUT2D eigenvalue weighted by Crippen LogP contribution is 2.32. The Morgan fingerprint density at radius 2 is 2.38 bits per heavy atom. The topological polar surface area (TPSA) is 78.9 Å². The van der Waals surface area contributed by atoms with E-state index in [1.807, 2.05) is 5.38 Å². The van der Waals surface area contributed by atoms with E-state index in [1.54, 1.807) is 17.5 Å². The van der Waals surface area contributed by atoms with Crippen molar-refractivity contribution in [2.24, 2.45) is 4.99 Å². The van der Waals surface area contributed by atoms with Gasteiger partial charge in [0, 0.05) is 54.5 Å². The predicted molar refractivity (Wildman–Crippen MR) is 96.7 cm³/mol. The van der Waals surface area contributed by atoms with E-state index in [1.165, 1.54) is 19.2 Å². The summed E-state index contributed by atoms with van der Waals surface area (Å²) in [7, 11) is 1.41. The number of methoxy groups -OCH3 is 1. The lowest BCUT2D eigenvalue weighted by Crippen LogP contribution is -2.36. The first-order chi connectivity index (χ1) is 11.6. The van der Waals surface area contributed by atoms with Gasteiger partial charge in [0.25, 0.3) is 0 Å². The fourth-order valence-electron chi connectivity index (χ4n) is 2.71. The molecule has 0 bridgehead atoms. The number of aromatic nitrogens is 1. The highest BCUT2D eigenvalue weighted by molar-refractivity contribution is 7.95. The van der Waals surface area contributed by atoms with Gasteiger partial charge in [0.05, 0.1) is 19.2 Å². The van der Waals surface area contributed by atoms with Crippen LogP contribution in [0.1, 0.15) is 25.3 Å². The van der Waals surface area contributed by atoms with Crippen molar-refractivity contribution in [2.45, 2.75) is 32.4 Å². The first-order valence-corrected chi connectivity index (χ1v) is 9.48. The van der Waals surface area contributed by atoms with Gasteiger partial charge in [-0.05, 0) is 13.8 Å². The van der Waals surface area contributed by atoms with Crippen LogP contribution in [0, 0.1) is 0 Å². The zero-order chi connectivity index (χ0) is 17.1. The number of rotatable bonds is 6. The molecule has 1 fully saturated rings. The zero-order valence-corrected chi connectivity index (χ0v) is 15.5. The molecule has 1 aromatic heterocycles. The summed E-state index contributed by atoms with van der Waals surface area (Å²) in [5, 5.41) is 2.82. The summed E-state index contributed by atoms with van der Waals surface area (Å²) in [5.41, 5.74) is 1.63. The third kappa shape index (κ3) is 3.64. The second-order valence-corrected chi connectivity index (χ2v) is 7.47.